The summed E-state index contributed by atoms with van der Waals surface area (Å²) in [6.45, 7) is 2.15. The molecule has 2 heterocycles. The lowest BCUT2D eigenvalue weighted by atomic mass is 10.3. The minimum atomic E-state index is -0.113. The standard InChI is InChI=1S/C11H16N2O3/c1-15-9-2-3-11(12-6-9)13-4-5-16-10(7-13)8-14/h2-3,6,10,14H,4-5,7-8H2,1H3. The number of aliphatic hydroxyl groups excluding tert-OH is 1. The van der Waals surface area contributed by atoms with Gasteiger partial charge in [-0.2, -0.15) is 0 Å². The molecule has 1 aliphatic rings. The van der Waals surface area contributed by atoms with Crippen LogP contribution in [0.2, 0.25) is 0 Å². The molecule has 0 saturated carbocycles. The molecule has 1 aliphatic heterocycles. The molecule has 0 amide bonds. The van der Waals surface area contributed by atoms with Crippen molar-refractivity contribution in [3.8, 4) is 5.75 Å². The molecular formula is C11H16N2O3. The number of hydrogen-bond acceptors (Lipinski definition) is 5. The summed E-state index contributed by atoms with van der Waals surface area (Å²) in [5.74, 6) is 1.64. The van der Waals surface area contributed by atoms with Gasteiger partial charge in [0.05, 0.1) is 32.6 Å². The quantitative estimate of drug-likeness (QED) is 0.799. The maximum atomic E-state index is 9.05. The predicted molar refractivity (Wildman–Crippen MR) is 59.8 cm³/mol. The second-order valence-corrected chi connectivity index (χ2v) is 3.68. The normalized spacial score (nSPS) is 20.9. The Morgan fingerprint density at radius 2 is 2.50 bits per heavy atom. The van der Waals surface area contributed by atoms with Gasteiger partial charge in [-0.1, -0.05) is 0 Å². The van der Waals surface area contributed by atoms with E-state index in [0.717, 1.165) is 18.1 Å². The maximum Gasteiger partial charge on any atom is 0.137 e. The molecule has 0 aliphatic carbocycles. The van der Waals surface area contributed by atoms with E-state index in [4.69, 9.17) is 14.6 Å². The first-order valence-electron chi connectivity index (χ1n) is 5.31. The Balaban J connectivity index is 2.05. The third-order valence-corrected chi connectivity index (χ3v) is 2.62. The van der Waals surface area contributed by atoms with E-state index in [1.807, 2.05) is 12.1 Å². The molecule has 5 nitrogen and oxygen atoms in total. The lowest BCUT2D eigenvalue weighted by Gasteiger charge is -2.32. The third-order valence-electron chi connectivity index (χ3n) is 2.62. The lowest BCUT2D eigenvalue weighted by molar-refractivity contribution is 0.00336. The fraction of sp³-hybridized carbons (Fsp3) is 0.545. The van der Waals surface area contributed by atoms with E-state index in [-0.39, 0.29) is 12.7 Å². The van der Waals surface area contributed by atoms with Crippen LogP contribution in [0, 0.1) is 0 Å². The second kappa shape index (κ2) is 5.14. The molecule has 88 valence electrons. The zero-order valence-corrected chi connectivity index (χ0v) is 9.30. The van der Waals surface area contributed by atoms with Crippen molar-refractivity contribution in [3.63, 3.8) is 0 Å². The highest BCUT2D eigenvalue weighted by Crippen LogP contribution is 2.17. The Kier molecular flexibility index (Phi) is 3.58. The number of ether oxygens (including phenoxy) is 2. The Morgan fingerprint density at radius 3 is 3.12 bits per heavy atom. The number of aromatic nitrogens is 1. The van der Waals surface area contributed by atoms with E-state index in [0.29, 0.717) is 13.2 Å². The highest BCUT2D eigenvalue weighted by Gasteiger charge is 2.20. The topological polar surface area (TPSA) is 54.8 Å². The van der Waals surface area contributed by atoms with Crippen LogP contribution >= 0.6 is 0 Å². The van der Waals surface area contributed by atoms with Gasteiger partial charge in [-0.15, -0.1) is 0 Å². The summed E-state index contributed by atoms with van der Waals surface area (Å²) in [7, 11) is 1.62. The van der Waals surface area contributed by atoms with Crippen LogP contribution in [0.15, 0.2) is 18.3 Å². The number of hydrogen-bond donors (Lipinski definition) is 1. The van der Waals surface area contributed by atoms with E-state index in [1.54, 1.807) is 13.3 Å². The molecule has 1 atom stereocenters. The summed E-state index contributed by atoms with van der Waals surface area (Å²) in [5, 5.41) is 9.05. The number of nitrogens with zero attached hydrogens (tertiary/aromatic N) is 2. The molecular weight excluding hydrogens is 208 g/mol. The molecule has 1 aromatic rings. The fourth-order valence-electron chi connectivity index (χ4n) is 1.72. The van der Waals surface area contributed by atoms with Crippen molar-refractivity contribution in [2.75, 3.05) is 38.3 Å². The Bertz CT molecular complexity index is 329. The van der Waals surface area contributed by atoms with Crippen LogP contribution in [0.5, 0.6) is 5.75 Å². The third kappa shape index (κ3) is 2.43. The van der Waals surface area contributed by atoms with Gasteiger partial charge in [0.15, 0.2) is 0 Å². The smallest absolute Gasteiger partial charge is 0.137 e. The van der Waals surface area contributed by atoms with E-state index >= 15 is 0 Å². The molecule has 1 N–H and O–H groups in total. The fourth-order valence-corrected chi connectivity index (χ4v) is 1.72. The van der Waals surface area contributed by atoms with Crippen LogP contribution < -0.4 is 9.64 Å². The first kappa shape index (κ1) is 11.2. The Labute approximate surface area is 94.6 Å². The number of aliphatic hydroxyl groups is 1. The molecule has 1 unspecified atom stereocenters. The minimum absolute atomic E-state index is 0.0483. The van der Waals surface area contributed by atoms with Crippen molar-refractivity contribution in [2.45, 2.75) is 6.10 Å². The molecule has 5 heteroatoms. The van der Waals surface area contributed by atoms with Crippen LogP contribution in [0.3, 0.4) is 0 Å². The van der Waals surface area contributed by atoms with Crippen LogP contribution in [0.4, 0.5) is 5.82 Å². The van der Waals surface area contributed by atoms with E-state index in [9.17, 15) is 0 Å². The van der Waals surface area contributed by atoms with Gasteiger partial charge in [-0.25, -0.2) is 4.98 Å². The second-order valence-electron chi connectivity index (χ2n) is 3.68. The van der Waals surface area contributed by atoms with Crippen molar-refractivity contribution < 1.29 is 14.6 Å². The van der Waals surface area contributed by atoms with Crippen LogP contribution in [-0.4, -0.2) is 49.6 Å². The van der Waals surface area contributed by atoms with Gasteiger partial charge in [0.2, 0.25) is 0 Å². The molecule has 0 spiro atoms. The number of anilines is 1. The number of pyridine rings is 1. The van der Waals surface area contributed by atoms with Crippen molar-refractivity contribution in [1.29, 1.82) is 0 Å². The largest absolute Gasteiger partial charge is 0.495 e. The summed E-state index contributed by atoms with van der Waals surface area (Å²) >= 11 is 0. The molecule has 1 aromatic heterocycles. The van der Waals surface area contributed by atoms with Crippen LogP contribution in [0.25, 0.3) is 0 Å². The molecule has 0 radical (unpaired) electrons. The van der Waals surface area contributed by atoms with E-state index < -0.39 is 0 Å². The average Bonchev–Trinajstić information content (AvgIpc) is 2.39. The summed E-state index contributed by atoms with van der Waals surface area (Å²) in [5.41, 5.74) is 0. The van der Waals surface area contributed by atoms with Crippen molar-refractivity contribution in [2.24, 2.45) is 0 Å². The predicted octanol–water partition coefficient (Wildman–Crippen LogP) is 0.288. The zero-order chi connectivity index (χ0) is 11.4. The van der Waals surface area contributed by atoms with Crippen molar-refractivity contribution >= 4 is 5.82 Å². The van der Waals surface area contributed by atoms with E-state index in [1.165, 1.54) is 0 Å². The van der Waals surface area contributed by atoms with Gasteiger partial charge in [0.25, 0.3) is 0 Å². The van der Waals surface area contributed by atoms with Gasteiger partial charge >= 0.3 is 0 Å². The molecule has 2 rings (SSSR count). The highest BCUT2D eigenvalue weighted by molar-refractivity contribution is 5.41. The SMILES string of the molecule is COc1ccc(N2CCOC(CO)C2)nc1. The first-order valence-corrected chi connectivity index (χ1v) is 5.31. The van der Waals surface area contributed by atoms with Crippen molar-refractivity contribution in [3.05, 3.63) is 18.3 Å². The van der Waals surface area contributed by atoms with Gasteiger partial charge in [0.1, 0.15) is 11.6 Å². The molecule has 16 heavy (non-hydrogen) atoms. The Hall–Kier alpha value is -1.33. The van der Waals surface area contributed by atoms with E-state index in [2.05, 4.69) is 9.88 Å². The summed E-state index contributed by atoms with van der Waals surface area (Å²) < 4.78 is 10.4. The molecule has 0 aromatic carbocycles. The molecule has 1 saturated heterocycles. The number of morpholine rings is 1. The van der Waals surface area contributed by atoms with Gasteiger partial charge in [-0.05, 0) is 12.1 Å². The monoisotopic (exact) mass is 224 g/mol. The maximum absolute atomic E-state index is 9.05. The average molecular weight is 224 g/mol. The zero-order valence-electron chi connectivity index (χ0n) is 9.30. The van der Waals surface area contributed by atoms with Gasteiger partial charge in [-0.3, -0.25) is 0 Å². The van der Waals surface area contributed by atoms with Gasteiger partial charge in [0, 0.05) is 13.1 Å². The molecule has 0 bridgehead atoms. The summed E-state index contributed by atoms with van der Waals surface area (Å²) in [4.78, 5) is 6.41. The first-order chi connectivity index (χ1) is 7.83. The lowest BCUT2D eigenvalue weighted by Crippen LogP contribution is -2.44. The highest BCUT2D eigenvalue weighted by atomic mass is 16.5. The molecule has 1 fully saturated rings. The van der Waals surface area contributed by atoms with Crippen molar-refractivity contribution in [1.82, 2.24) is 4.98 Å². The number of rotatable bonds is 3. The minimum Gasteiger partial charge on any atom is -0.495 e. The Morgan fingerprint density at radius 1 is 1.62 bits per heavy atom. The van der Waals surface area contributed by atoms with Crippen LogP contribution in [-0.2, 0) is 4.74 Å². The number of methoxy groups -OCH3 is 1. The summed E-state index contributed by atoms with van der Waals surface area (Å²) in [6, 6.07) is 3.80. The summed E-state index contributed by atoms with van der Waals surface area (Å²) in [6.07, 6.45) is 1.58. The van der Waals surface area contributed by atoms with Gasteiger partial charge < -0.3 is 19.5 Å². The van der Waals surface area contributed by atoms with Crippen LogP contribution in [0.1, 0.15) is 0 Å².